The van der Waals surface area contributed by atoms with Gasteiger partial charge in [0.05, 0.1) is 18.5 Å². The summed E-state index contributed by atoms with van der Waals surface area (Å²) in [5.74, 6) is -0.668. The second-order valence-corrected chi connectivity index (χ2v) is 4.92. The van der Waals surface area contributed by atoms with Crippen LogP contribution in [0.2, 0.25) is 0 Å². The molecule has 21 heavy (non-hydrogen) atoms. The Morgan fingerprint density at radius 3 is 2.05 bits per heavy atom. The van der Waals surface area contributed by atoms with Crippen LogP contribution in [-0.2, 0) is 0 Å². The molecule has 3 nitrogen and oxygen atoms in total. The molecule has 2 aromatic rings. The summed E-state index contributed by atoms with van der Waals surface area (Å²) in [6.45, 7) is 1.70. The fourth-order valence-electron chi connectivity index (χ4n) is 2.40. The van der Waals surface area contributed by atoms with E-state index in [1.165, 1.54) is 0 Å². The Labute approximate surface area is 124 Å². The van der Waals surface area contributed by atoms with Crippen LogP contribution in [0.1, 0.15) is 34.6 Å². The van der Waals surface area contributed by atoms with Crippen molar-refractivity contribution in [1.82, 2.24) is 4.90 Å². The molecule has 0 N–H and O–H groups in total. The zero-order valence-electron chi connectivity index (χ0n) is 12.6. The first kappa shape index (κ1) is 12.1. The number of carbonyl (C=O) groups excluding carboxylic acids is 2. The van der Waals surface area contributed by atoms with E-state index in [0.29, 0.717) is 11.1 Å². The Balaban J connectivity index is 1.91. The maximum atomic E-state index is 12.4. The quantitative estimate of drug-likeness (QED) is 0.807. The van der Waals surface area contributed by atoms with Gasteiger partial charge in [0, 0.05) is 0 Å². The number of hydrogen-bond donors (Lipinski definition) is 0. The van der Waals surface area contributed by atoms with Crippen molar-refractivity contribution in [2.45, 2.75) is 13.0 Å². The van der Waals surface area contributed by atoms with Gasteiger partial charge >= 0.3 is 0 Å². The van der Waals surface area contributed by atoms with Gasteiger partial charge in [-0.15, -0.1) is 0 Å². The second-order valence-electron chi connectivity index (χ2n) is 4.92. The van der Waals surface area contributed by atoms with Crippen LogP contribution < -0.4 is 0 Å². The normalized spacial score (nSPS) is 16.7. The fourth-order valence-corrected chi connectivity index (χ4v) is 2.40. The summed E-state index contributed by atoms with van der Waals surface area (Å²) in [7, 11) is 0. The van der Waals surface area contributed by atoms with Crippen LogP contribution in [0.5, 0.6) is 0 Å². The Morgan fingerprint density at radius 1 is 0.952 bits per heavy atom. The van der Waals surface area contributed by atoms with E-state index in [2.05, 4.69) is 0 Å². The lowest BCUT2D eigenvalue weighted by Gasteiger charge is -2.19. The largest absolute Gasteiger partial charge is 0.269 e. The molecule has 2 aromatic carbocycles. The minimum absolute atomic E-state index is 0.223. The molecule has 1 aliphatic heterocycles. The summed E-state index contributed by atoms with van der Waals surface area (Å²) in [4.78, 5) is 26.0. The van der Waals surface area contributed by atoms with Crippen molar-refractivity contribution in [2.24, 2.45) is 0 Å². The number of fused-ring (bicyclic) bond motifs is 1. The van der Waals surface area contributed by atoms with E-state index >= 15 is 0 Å². The van der Waals surface area contributed by atoms with Gasteiger partial charge in [0.15, 0.2) is 0 Å². The Bertz CT molecular complexity index is 733. The Hall–Kier alpha value is -2.68. The molecule has 0 radical (unpaired) electrons. The third kappa shape index (κ3) is 2.38. The van der Waals surface area contributed by atoms with E-state index in [0.717, 1.165) is 10.5 Å². The molecule has 2 amide bonds. The number of carbonyl (C=O) groups is 2. The molecule has 0 saturated heterocycles. The van der Waals surface area contributed by atoms with Crippen molar-refractivity contribution in [2.75, 3.05) is 0 Å². The van der Waals surface area contributed by atoms with Crippen LogP contribution in [0.4, 0.5) is 0 Å². The van der Waals surface area contributed by atoms with Gasteiger partial charge in [-0.05, 0) is 24.6 Å². The minimum atomic E-state index is -0.604. The molecule has 0 aromatic heterocycles. The smallest absolute Gasteiger partial charge is 0.262 e. The number of amides is 2. The van der Waals surface area contributed by atoms with Crippen LogP contribution in [0.25, 0.3) is 6.08 Å². The zero-order chi connectivity index (χ0) is 15.7. The first-order valence-corrected chi connectivity index (χ1v) is 6.80. The van der Waals surface area contributed by atoms with Crippen LogP contribution >= 0.6 is 0 Å². The molecular formula is C18H15NO2. The van der Waals surface area contributed by atoms with Crippen molar-refractivity contribution < 1.29 is 11.0 Å². The average Bonchev–Trinajstić information content (AvgIpc) is 2.79. The minimum Gasteiger partial charge on any atom is -0.269 e. The van der Waals surface area contributed by atoms with Crippen molar-refractivity contribution >= 4 is 17.9 Å². The highest BCUT2D eigenvalue weighted by Crippen LogP contribution is 2.24. The molecule has 1 aliphatic rings. The molecule has 1 unspecified atom stereocenters. The van der Waals surface area contributed by atoms with E-state index in [1.54, 1.807) is 37.3 Å². The molecule has 1 atom stereocenters. The number of benzene rings is 2. The maximum absolute atomic E-state index is 12.4. The molecule has 0 saturated carbocycles. The monoisotopic (exact) mass is 278 g/mol. The maximum Gasteiger partial charge on any atom is 0.262 e. The highest BCUT2D eigenvalue weighted by molar-refractivity contribution is 6.21. The van der Waals surface area contributed by atoms with Crippen molar-refractivity contribution in [1.29, 1.82) is 0 Å². The lowest BCUT2D eigenvalue weighted by molar-refractivity contribution is 0.0626. The van der Waals surface area contributed by atoms with Gasteiger partial charge in [-0.25, -0.2) is 0 Å². The molecule has 104 valence electrons. The molecule has 3 heteroatoms. The summed E-state index contributed by atoms with van der Waals surface area (Å²) in [6, 6.07) is 15.8. The molecule has 0 spiro atoms. The highest BCUT2D eigenvalue weighted by atomic mass is 16.2. The van der Waals surface area contributed by atoms with Gasteiger partial charge in [0.2, 0.25) is 0 Å². The fraction of sp³-hybridized carbons (Fsp3) is 0.111. The lowest BCUT2D eigenvalue weighted by Crippen LogP contribution is -2.36. The number of imide groups is 1. The molecule has 1 heterocycles. The van der Waals surface area contributed by atoms with Gasteiger partial charge < -0.3 is 0 Å². The summed E-state index contributed by atoms with van der Waals surface area (Å²) >= 11 is 0. The van der Waals surface area contributed by atoms with Gasteiger partial charge in [0.25, 0.3) is 11.8 Å². The van der Waals surface area contributed by atoms with Gasteiger partial charge in [0.1, 0.15) is 0 Å². The Morgan fingerprint density at radius 2 is 1.48 bits per heavy atom. The van der Waals surface area contributed by atoms with Crippen LogP contribution in [0, 0.1) is 0 Å². The Kier molecular flexibility index (Phi) is 3.09. The van der Waals surface area contributed by atoms with Crippen molar-refractivity contribution in [3.8, 4) is 0 Å². The summed E-state index contributed by atoms with van der Waals surface area (Å²) in [6.07, 6.45) is 1.67. The predicted octanol–water partition coefficient (Wildman–Crippen LogP) is 3.38. The van der Waals surface area contributed by atoms with Gasteiger partial charge in [-0.3, -0.25) is 14.5 Å². The van der Waals surface area contributed by atoms with E-state index in [1.807, 2.05) is 30.3 Å². The summed E-state index contributed by atoms with van der Waals surface area (Å²) < 4.78 is 8.18. The average molecular weight is 278 g/mol. The van der Waals surface area contributed by atoms with Gasteiger partial charge in [-0.1, -0.05) is 54.6 Å². The van der Waals surface area contributed by atoms with Crippen LogP contribution in [-0.4, -0.2) is 22.8 Å². The zero-order valence-corrected chi connectivity index (χ0v) is 11.6. The SMILES string of the molecule is [2H]/C(=C\c1ccccc1)C(C)N1C(=O)c2ccccc2C1=O. The predicted molar refractivity (Wildman–Crippen MR) is 81.9 cm³/mol. The molecule has 3 rings (SSSR count). The third-order valence-electron chi connectivity index (χ3n) is 3.50. The van der Waals surface area contributed by atoms with E-state index in [4.69, 9.17) is 1.37 Å². The molecule has 0 bridgehead atoms. The standard InChI is InChI=1S/C18H15NO2/c1-13(11-12-14-7-3-2-4-8-14)19-17(20)15-9-5-6-10-16(15)18(19)21/h2-13H,1H3/b12-11+/i11D. The number of hydrogen-bond acceptors (Lipinski definition) is 2. The molecular weight excluding hydrogens is 262 g/mol. The second kappa shape index (κ2) is 5.37. The third-order valence-corrected chi connectivity index (χ3v) is 3.50. The van der Waals surface area contributed by atoms with E-state index < -0.39 is 6.04 Å². The highest BCUT2D eigenvalue weighted by Gasteiger charge is 2.37. The van der Waals surface area contributed by atoms with Crippen molar-refractivity contribution in [3.63, 3.8) is 0 Å². The topological polar surface area (TPSA) is 37.4 Å². The van der Waals surface area contributed by atoms with E-state index in [-0.39, 0.29) is 17.9 Å². The van der Waals surface area contributed by atoms with Gasteiger partial charge in [-0.2, -0.15) is 0 Å². The first-order valence-electron chi connectivity index (χ1n) is 7.30. The number of nitrogens with zero attached hydrogens (tertiary/aromatic N) is 1. The van der Waals surface area contributed by atoms with Crippen molar-refractivity contribution in [3.05, 3.63) is 77.3 Å². The molecule has 0 fully saturated rings. The summed E-state index contributed by atoms with van der Waals surface area (Å²) in [5.41, 5.74) is 1.69. The first-order chi connectivity index (χ1) is 10.6. The number of rotatable bonds is 3. The van der Waals surface area contributed by atoms with Crippen LogP contribution in [0.3, 0.4) is 0 Å². The summed E-state index contributed by atoms with van der Waals surface area (Å²) in [5, 5.41) is 0. The molecule has 0 aliphatic carbocycles. The van der Waals surface area contributed by atoms with Crippen LogP contribution in [0.15, 0.2) is 60.6 Å². The van der Waals surface area contributed by atoms with E-state index in [9.17, 15) is 9.59 Å². The lowest BCUT2D eigenvalue weighted by atomic mass is 10.1.